The molecular formula is C14H20O3. The first-order valence-electron chi connectivity index (χ1n) is 6.48. The van der Waals surface area contributed by atoms with E-state index < -0.39 is 0 Å². The van der Waals surface area contributed by atoms with E-state index in [1.165, 1.54) is 12.8 Å². The van der Waals surface area contributed by atoms with E-state index in [1.54, 1.807) is 0 Å². The molecule has 0 aromatic rings. The molecule has 3 nitrogen and oxygen atoms in total. The first-order valence-corrected chi connectivity index (χ1v) is 6.48. The third-order valence-corrected chi connectivity index (χ3v) is 4.26. The van der Waals surface area contributed by atoms with E-state index in [-0.39, 0.29) is 23.8 Å². The number of hydrogen-bond donors (Lipinski definition) is 0. The first kappa shape index (κ1) is 12.3. The molecule has 0 radical (unpaired) electrons. The van der Waals surface area contributed by atoms with Gasteiger partial charge in [0, 0.05) is 23.8 Å². The largest absolute Gasteiger partial charge is 0.462 e. The lowest BCUT2D eigenvalue weighted by molar-refractivity contribution is -0.140. The van der Waals surface area contributed by atoms with Crippen molar-refractivity contribution in [3.05, 3.63) is 12.2 Å². The van der Waals surface area contributed by atoms with Crippen molar-refractivity contribution in [2.24, 2.45) is 11.3 Å². The lowest BCUT2D eigenvalue weighted by Crippen LogP contribution is -2.17. The van der Waals surface area contributed by atoms with Crippen LogP contribution < -0.4 is 0 Å². The van der Waals surface area contributed by atoms with Gasteiger partial charge in [0.1, 0.15) is 5.78 Å². The van der Waals surface area contributed by atoms with Gasteiger partial charge in [-0.2, -0.15) is 0 Å². The Hall–Kier alpha value is -1.12. The standard InChI is InChI=1S/C14H20O3/c1-3-12(15)6-8-17-13(16)10(2)14-7-4-5-11(14)9-14/h11H,2-9H2,1H3. The molecule has 0 N–H and O–H groups in total. The van der Waals surface area contributed by atoms with Crippen LogP contribution in [0.5, 0.6) is 0 Å². The maximum atomic E-state index is 11.8. The summed E-state index contributed by atoms with van der Waals surface area (Å²) in [6.07, 6.45) is 5.44. The van der Waals surface area contributed by atoms with E-state index >= 15 is 0 Å². The number of ether oxygens (including phenoxy) is 1. The molecule has 0 heterocycles. The second kappa shape index (κ2) is 4.63. The van der Waals surface area contributed by atoms with Gasteiger partial charge < -0.3 is 4.74 Å². The van der Waals surface area contributed by atoms with Gasteiger partial charge in [-0.1, -0.05) is 19.9 Å². The van der Waals surface area contributed by atoms with E-state index in [0.717, 1.165) is 12.8 Å². The smallest absolute Gasteiger partial charge is 0.333 e. The Morgan fingerprint density at radius 1 is 1.47 bits per heavy atom. The lowest BCUT2D eigenvalue weighted by Gasteiger charge is -2.14. The summed E-state index contributed by atoms with van der Waals surface area (Å²) in [5, 5.41) is 0. The predicted octanol–water partition coefficient (Wildman–Crippen LogP) is 2.65. The maximum Gasteiger partial charge on any atom is 0.333 e. The van der Waals surface area contributed by atoms with Crippen molar-refractivity contribution >= 4 is 11.8 Å². The summed E-state index contributed by atoms with van der Waals surface area (Å²) in [7, 11) is 0. The van der Waals surface area contributed by atoms with Gasteiger partial charge in [-0.3, -0.25) is 4.79 Å². The van der Waals surface area contributed by atoms with Crippen molar-refractivity contribution in [2.75, 3.05) is 6.61 Å². The van der Waals surface area contributed by atoms with Crippen molar-refractivity contribution < 1.29 is 14.3 Å². The fourth-order valence-corrected chi connectivity index (χ4v) is 2.97. The minimum absolute atomic E-state index is 0.0752. The molecule has 94 valence electrons. The fraction of sp³-hybridized carbons (Fsp3) is 0.714. The minimum atomic E-state index is -0.293. The summed E-state index contributed by atoms with van der Waals surface area (Å²) in [5.74, 6) is 0.505. The average Bonchev–Trinajstić information content (AvgIpc) is 2.90. The Kier molecular flexibility index (Phi) is 3.36. The molecule has 0 aliphatic heterocycles. The zero-order valence-electron chi connectivity index (χ0n) is 10.5. The molecule has 2 saturated carbocycles. The fourth-order valence-electron chi connectivity index (χ4n) is 2.97. The van der Waals surface area contributed by atoms with Crippen molar-refractivity contribution in [1.29, 1.82) is 0 Å². The number of carbonyl (C=O) groups excluding carboxylic acids is 2. The highest BCUT2D eigenvalue weighted by Crippen LogP contribution is 2.67. The monoisotopic (exact) mass is 236 g/mol. The molecule has 0 amide bonds. The third kappa shape index (κ3) is 2.28. The Morgan fingerprint density at radius 2 is 2.24 bits per heavy atom. The van der Waals surface area contributed by atoms with Crippen LogP contribution in [0.4, 0.5) is 0 Å². The van der Waals surface area contributed by atoms with Crippen LogP contribution >= 0.6 is 0 Å². The molecule has 0 spiro atoms. The highest BCUT2D eigenvalue weighted by molar-refractivity contribution is 5.90. The Balaban J connectivity index is 1.77. The maximum absolute atomic E-state index is 11.8. The van der Waals surface area contributed by atoms with E-state index in [0.29, 0.717) is 24.3 Å². The minimum Gasteiger partial charge on any atom is -0.462 e. The van der Waals surface area contributed by atoms with Crippen LogP contribution in [-0.2, 0) is 14.3 Å². The zero-order valence-corrected chi connectivity index (χ0v) is 10.5. The van der Waals surface area contributed by atoms with Crippen molar-refractivity contribution in [3.63, 3.8) is 0 Å². The van der Waals surface area contributed by atoms with Gasteiger partial charge in [-0.05, 0) is 25.2 Å². The van der Waals surface area contributed by atoms with E-state index in [4.69, 9.17) is 4.74 Å². The van der Waals surface area contributed by atoms with Gasteiger partial charge in [-0.15, -0.1) is 0 Å². The van der Waals surface area contributed by atoms with Crippen LogP contribution in [0.2, 0.25) is 0 Å². The summed E-state index contributed by atoms with van der Waals surface area (Å²) < 4.78 is 5.12. The van der Waals surface area contributed by atoms with Crippen molar-refractivity contribution in [2.45, 2.75) is 45.4 Å². The Bertz CT molecular complexity index is 358. The molecule has 2 aliphatic carbocycles. The number of Topliss-reactive ketones (excluding diaryl/α,β-unsaturated/α-hetero) is 1. The van der Waals surface area contributed by atoms with Crippen LogP contribution in [0.1, 0.15) is 45.4 Å². The summed E-state index contributed by atoms with van der Waals surface area (Å²) in [4.78, 5) is 22.9. The number of ketones is 1. The second-order valence-electron chi connectivity index (χ2n) is 5.21. The van der Waals surface area contributed by atoms with Gasteiger partial charge in [0.25, 0.3) is 0 Å². The van der Waals surface area contributed by atoms with Gasteiger partial charge in [0.15, 0.2) is 0 Å². The molecule has 2 unspecified atom stereocenters. The summed E-state index contributed by atoms with van der Waals surface area (Å²) in [6.45, 7) is 5.92. The quantitative estimate of drug-likeness (QED) is 0.526. The molecular weight excluding hydrogens is 216 g/mol. The molecule has 0 saturated heterocycles. The normalized spacial score (nSPS) is 29.6. The van der Waals surface area contributed by atoms with Crippen LogP contribution in [0, 0.1) is 11.3 Å². The molecule has 2 fully saturated rings. The van der Waals surface area contributed by atoms with Crippen molar-refractivity contribution in [1.82, 2.24) is 0 Å². The highest BCUT2D eigenvalue weighted by Gasteiger charge is 2.60. The van der Waals surface area contributed by atoms with Gasteiger partial charge in [-0.25, -0.2) is 4.79 Å². The lowest BCUT2D eigenvalue weighted by atomic mass is 9.94. The number of hydrogen-bond acceptors (Lipinski definition) is 3. The van der Waals surface area contributed by atoms with Crippen LogP contribution in [0.3, 0.4) is 0 Å². The number of carbonyl (C=O) groups is 2. The number of fused-ring (bicyclic) bond motifs is 1. The molecule has 0 bridgehead atoms. The second-order valence-corrected chi connectivity index (χ2v) is 5.21. The van der Waals surface area contributed by atoms with Gasteiger partial charge in [0.2, 0.25) is 0 Å². The third-order valence-electron chi connectivity index (χ3n) is 4.26. The first-order chi connectivity index (χ1) is 8.10. The van der Waals surface area contributed by atoms with Crippen LogP contribution in [0.15, 0.2) is 12.2 Å². The van der Waals surface area contributed by atoms with E-state index in [1.807, 2.05) is 6.92 Å². The molecule has 2 atom stereocenters. The summed E-state index contributed by atoms with van der Waals surface area (Å²) in [6, 6.07) is 0. The average molecular weight is 236 g/mol. The predicted molar refractivity (Wildman–Crippen MR) is 64.4 cm³/mol. The van der Waals surface area contributed by atoms with Crippen molar-refractivity contribution in [3.8, 4) is 0 Å². The Labute approximate surface area is 102 Å². The summed E-state index contributed by atoms with van der Waals surface area (Å²) in [5.41, 5.74) is 0.718. The highest BCUT2D eigenvalue weighted by atomic mass is 16.5. The molecule has 0 aromatic heterocycles. The summed E-state index contributed by atoms with van der Waals surface area (Å²) >= 11 is 0. The Morgan fingerprint density at radius 3 is 2.76 bits per heavy atom. The van der Waals surface area contributed by atoms with Crippen LogP contribution in [0.25, 0.3) is 0 Å². The number of esters is 1. The molecule has 2 aliphatic rings. The van der Waals surface area contributed by atoms with E-state index in [9.17, 15) is 9.59 Å². The van der Waals surface area contributed by atoms with Gasteiger partial charge in [0.05, 0.1) is 6.61 Å². The topological polar surface area (TPSA) is 43.4 Å². The molecule has 3 heteroatoms. The van der Waals surface area contributed by atoms with E-state index in [2.05, 4.69) is 6.58 Å². The van der Waals surface area contributed by atoms with Gasteiger partial charge >= 0.3 is 5.97 Å². The number of rotatable bonds is 6. The molecule has 17 heavy (non-hydrogen) atoms. The molecule has 0 aromatic carbocycles. The molecule has 2 rings (SSSR count). The van der Waals surface area contributed by atoms with Crippen LogP contribution in [-0.4, -0.2) is 18.4 Å². The zero-order chi connectivity index (χ0) is 12.5. The SMILES string of the molecule is C=C(C(=O)OCCC(=O)CC)C12CCCC1C2.